The molecule has 0 unspecified atom stereocenters. The van der Waals surface area contributed by atoms with E-state index < -0.39 is 6.10 Å². The van der Waals surface area contributed by atoms with E-state index in [1.54, 1.807) is 0 Å². The normalized spacial score (nSPS) is 23.7. The molecule has 3 rings (SSSR count). The lowest BCUT2D eigenvalue weighted by Crippen LogP contribution is -2.40. The van der Waals surface area contributed by atoms with Crippen LogP contribution >= 0.6 is 0 Å². The standard InChI is InChI=1S/C19H28N4O4.CH2O2/c24-16-8-13(19(27)20-10-14-9-17(25)22-11-21-14)7-15(16)23-18(26)6-12-4-2-1-3-5-12;2-1-3/h9,11-13,15-16,24H,1-8,10H2,(H,20,27)(H,23,26)(H,21,22,25);1H,(H,2,3)/t13-,15+,16+;/m0./s1. The third-order valence-corrected chi connectivity index (χ3v) is 5.62. The molecule has 0 aliphatic heterocycles. The first kappa shape index (κ1) is 23.5. The van der Waals surface area contributed by atoms with Gasteiger partial charge in [-0.15, -0.1) is 0 Å². The average molecular weight is 422 g/mol. The van der Waals surface area contributed by atoms with Crippen LogP contribution in [0.1, 0.15) is 57.1 Å². The molecule has 2 saturated carbocycles. The van der Waals surface area contributed by atoms with Gasteiger partial charge in [-0.3, -0.25) is 19.2 Å². The van der Waals surface area contributed by atoms with Gasteiger partial charge in [0.2, 0.25) is 11.8 Å². The topological polar surface area (TPSA) is 161 Å². The number of nitrogens with one attached hydrogen (secondary N) is 3. The summed E-state index contributed by atoms with van der Waals surface area (Å²) in [5.41, 5.74) is 0.203. The maximum absolute atomic E-state index is 12.3. The molecule has 1 aromatic rings. The lowest BCUT2D eigenvalue weighted by molar-refractivity contribution is -0.126. The summed E-state index contributed by atoms with van der Waals surface area (Å²) >= 11 is 0. The van der Waals surface area contributed by atoms with Crippen molar-refractivity contribution < 1.29 is 24.6 Å². The molecule has 2 fully saturated rings. The van der Waals surface area contributed by atoms with E-state index in [0.29, 0.717) is 30.9 Å². The number of aliphatic hydroxyl groups is 1. The minimum atomic E-state index is -0.714. The van der Waals surface area contributed by atoms with Gasteiger partial charge in [0.25, 0.3) is 12.0 Å². The minimum Gasteiger partial charge on any atom is -0.483 e. The second kappa shape index (κ2) is 12.1. The van der Waals surface area contributed by atoms with E-state index in [-0.39, 0.29) is 42.4 Å². The van der Waals surface area contributed by atoms with Crippen molar-refractivity contribution >= 4 is 18.3 Å². The van der Waals surface area contributed by atoms with Crippen molar-refractivity contribution in [3.8, 4) is 0 Å². The number of carboxylic acid groups (broad SMARTS) is 1. The van der Waals surface area contributed by atoms with Crippen LogP contribution in [-0.4, -0.2) is 50.6 Å². The Morgan fingerprint density at radius 3 is 2.60 bits per heavy atom. The Labute approximate surface area is 174 Å². The van der Waals surface area contributed by atoms with Gasteiger partial charge in [0.1, 0.15) is 0 Å². The summed E-state index contributed by atoms with van der Waals surface area (Å²) in [6.07, 6.45) is 7.66. The van der Waals surface area contributed by atoms with Gasteiger partial charge in [-0.2, -0.15) is 0 Å². The molecule has 166 valence electrons. The highest BCUT2D eigenvalue weighted by Gasteiger charge is 2.37. The van der Waals surface area contributed by atoms with Crippen molar-refractivity contribution in [2.45, 2.75) is 70.1 Å². The summed E-state index contributed by atoms with van der Waals surface area (Å²) in [6.45, 7) is -0.0892. The number of rotatable bonds is 6. The Balaban J connectivity index is 0.00000101. The van der Waals surface area contributed by atoms with Crippen molar-refractivity contribution in [2.24, 2.45) is 11.8 Å². The van der Waals surface area contributed by atoms with Gasteiger partial charge >= 0.3 is 0 Å². The number of hydrogen-bond donors (Lipinski definition) is 5. The molecule has 10 heteroatoms. The van der Waals surface area contributed by atoms with Gasteiger partial charge < -0.3 is 25.8 Å². The fourth-order valence-corrected chi connectivity index (χ4v) is 4.13. The first-order valence-corrected chi connectivity index (χ1v) is 10.3. The molecule has 2 aliphatic carbocycles. The van der Waals surface area contributed by atoms with E-state index in [1.165, 1.54) is 31.7 Å². The largest absolute Gasteiger partial charge is 0.483 e. The molecule has 2 amide bonds. The van der Waals surface area contributed by atoms with Crippen molar-refractivity contribution in [2.75, 3.05) is 0 Å². The van der Waals surface area contributed by atoms with Gasteiger partial charge in [0.15, 0.2) is 0 Å². The van der Waals surface area contributed by atoms with Gasteiger partial charge in [-0.1, -0.05) is 19.3 Å². The zero-order valence-electron chi connectivity index (χ0n) is 16.9. The van der Waals surface area contributed by atoms with Gasteiger partial charge in [-0.25, -0.2) is 4.98 Å². The second-order valence-corrected chi connectivity index (χ2v) is 7.84. The fourth-order valence-electron chi connectivity index (χ4n) is 4.13. The van der Waals surface area contributed by atoms with E-state index in [9.17, 15) is 19.5 Å². The van der Waals surface area contributed by atoms with Crippen LogP contribution < -0.4 is 16.2 Å². The summed E-state index contributed by atoms with van der Waals surface area (Å²) in [4.78, 5) is 50.6. The number of amides is 2. The zero-order valence-corrected chi connectivity index (χ0v) is 16.9. The average Bonchev–Trinajstić information content (AvgIpc) is 3.08. The maximum Gasteiger partial charge on any atom is 0.290 e. The van der Waals surface area contributed by atoms with Crippen LogP contribution in [0.15, 0.2) is 17.2 Å². The van der Waals surface area contributed by atoms with E-state index in [1.807, 2.05) is 0 Å². The lowest BCUT2D eigenvalue weighted by Gasteiger charge is -2.23. The number of carbonyl (C=O) groups excluding carboxylic acids is 2. The Hall–Kier alpha value is -2.75. The molecule has 5 N–H and O–H groups in total. The lowest BCUT2D eigenvalue weighted by atomic mass is 9.87. The molecule has 30 heavy (non-hydrogen) atoms. The van der Waals surface area contributed by atoms with E-state index in [4.69, 9.17) is 9.90 Å². The SMILES string of the molecule is O=C(CC1CCCCC1)N[C@@H]1C[C@H](C(=O)NCc2cc(=O)[nH]cn2)C[C@H]1O.O=CO. The number of H-pyrrole nitrogens is 1. The summed E-state index contributed by atoms with van der Waals surface area (Å²) in [5.74, 6) is -0.139. The highest BCUT2D eigenvalue weighted by molar-refractivity contribution is 5.80. The van der Waals surface area contributed by atoms with E-state index in [2.05, 4.69) is 20.6 Å². The molecule has 0 bridgehead atoms. The van der Waals surface area contributed by atoms with Crippen molar-refractivity contribution in [3.63, 3.8) is 0 Å². The number of carbonyl (C=O) groups is 3. The Morgan fingerprint density at radius 2 is 1.93 bits per heavy atom. The molecule has 1 aromatic heterocycles. The van der Waals surface area contributed by atoms with Crippen LogP contribution in [0.5, 0.6) is 0 Å². The smallest absolute Gasteiger partial charge is 0.290 e. The Kier molecular flexibility index (Phi) is 9.46. The molecule has 3 atom stereocenters. The first-order chi connectivity index (χ1) is 14.4. The van der Waals surface area contributed by atoms with Gasteiger partial charge in [0, 0.05) is 18.4 Å². The Bertz CT molecular complexity index is 762. The molecule has 0 aromatic carbocycles. The molecule has 2 aliphatic rings. The van der Waals surface area contributed by atoms with Crippen LogP contribution in [-0.2, 0) is 20.9 Å². The highest BCUT2D eigenvalue weighted by atomic mass is 16.3. The molecule has 10 nitrogen and oxygen atoms in total. The molecule has 0 saturated heterocycles. The van der Waals surface area contributed by atoms with Crippen molar-refractivity contribution in [1.29, 1.82) is 0 Å². The van der Waals surface area contributed by atoms with Crippen LogP contribution in [0, 0.1) is 11.8 Å². The third-order valence-electron chi connectivity index (χ3n) is 5.62. The predicted octanol–water partition coefficient (Wildman–Crippen LogP) is 0.313. The summed E-state index contributed by atoms with van der Waals surface area (Å²) in [6, 6.07) is 0.951. The van der Waals surface area contributed by atoms with Crippen molar-refractivity contribution in [3.05, 3.63) is 28.4 Å². The maximum atomic E-state index is 12.3. The number of hydrogen-bond acceptors (Lipinski definition) is 6. The number of aliphatic hydroxyl groups excluding tert-OH is 1. The molecular formula is C20H30N4O6. The van der Waals surface area contributed by atoms with E-state index in [0.717, 1.165) is 12.8 Å². The number of aromatic nitrogens is 2. The fraction of sp³-hybridized carbons (Fsp3) is 0.650. The van der Waals surface area contributed by atoms with Crippen LogP contribution in [0.25, 0.3) is 0 Å². The molecule has 1 heterocycles. The second-order valence-electron chi connectivity index (χ2n) is 7.84. The van der Waals surface area contributed by atoms with Gasteiger partial charge in [-0.05, 0) is 31.6 Å². The molecular weight excluding hydrogens is 392 g/mol. The Morgan fingerprint density at radius 1 is 1.23 bits per heavy atom. The predicted molar refractivity (Wildman–Crippen MR) is 107 cm³/mol. The van der Waals surface area contributed by atoms with Crippen LogP contribution in [0.4, 0.5) is 0 Å². The first-order valence-electron chi connectivity index (χ1n) is 10.3. The monoisotopic (exact) mass is 422 g/mol. The van der Waals surface area contributed by atoms with Gasteiger partial charge in [0.05, 0.1) is 30.7 Å². The third kappa shape index (κ3) is 7.58. The molecule has 0 spiro atoms. The van der Waals surface area contributed by atoms with Crippen molar-refractivity contribution in [1.82, 2.24) is 20.6 Å². The van der Waals surface area contributed by atoms with Crippen LogP contribution in [0.3, 0.4) is 0 Å². The highest BCUT2D eigenvalue weighted by Crippen LogP contribution is 2.28. The zero-order chi connectivity index (χ0) is 21.9. The minimum absolute atomic E-state index is 0.0280. The quantitative estimate of drug-likeness (QED) is 0.412. The number of nitrogens with zero attached hydrogens (tertiary/aromatic N) is 1. The molecule has 0 radical (unpaired) electrons. The summed E-state index contributed by atoms with van der Waals surface area (Å²) < 4.78 is 0. The van der Waals surface area contributed by atoms with Crippen LogP contribution in [0.2, 0.25) is 0 Å². The van der Waals surface area contributed by atoms with E-state index >= 15 is 0 Å². The summed E-state index contributed by atoms with van der Waals surface area (Å²) in [5, 5.41) is 22.8. The number of aromatic amines is 1. The summed E-state index contributed by atoms with van der Waals surface area (Å²) in [7, 11) is 0.